The normalized spacial score (nSPS) is 19.7. The van der Waals surface area contributed by atoms with Gasteiger partial charge in [-0.1, -0.05) is 32.0 Å². The lowest BCUT2D eigenvalue weighted by atomic mass is 10.2. The minimum atomic E-state index is 0.494. The minimum Gasteiger partial charge on any atom is -0.492 e. The van der Waals surface area contributed by atoms with Crippen LogP contribution in [0.3, 0.4) is 0 Å². The molecule has 0 aromatic heterocycles. The zero-order valence-corrected chi connectivity index (χ0v) is 13.1. The Labute approximate surface area is 123 Å². The largest absolute Gasteiger partial charge is 0.492 e. The highest BCUT2D eigenvalue weighted by atomic mass is 16.5. The van der Waals surface area contributed by atoms with E-state index in [9.17, 15) is 0 Å². The van der Waals surface area contributed by atoms with Gasteiger partial charge in [-0.05, 0) is 32.4 Å². The summed E-state index contributed by atoms with van der Waals surface area (Å²) in [6.07, 6.45) is 2.66. The van der Waals surface area contributed by atoms with E-state index in [0.717, 1.165) is 31.5 Å². The molecule has 1 aliphatic rings. The molecule has 3 nitrogen and oxygen atoms in total. The van der Waals surface area contributed by atoms with Gasteiger partial charge >= 0.3 is 0 Å². The Morgan fingerprint density at radius 2 is 2.15 bits per heavy atom. The molecule has 1 aromatic carbocycles. The summed E-state index contributed by atoms with van der Waals surface area (Å²) in [7, 11) is 0. The van der Waals surface area contributed by atoms with E-state index in [1.165, 1.54) is 24.9 Å². The van der Waals surface area contributed by atoms with Crippen molar-refractivity contribution in [1.29, 1.82) is 0 Å². The van der Waals surface area contributed by atoms with E-state index in [-0.39, 0.29) is 0 Å². The molecule has 1 N–H and O–H groups in total. The third kappa shape index (κ3) is 4.50. The van der Waals surface area contributed by atoms with E-state index >= 15 is 0 Å². The van der Waals surface area contributed by atoms with Crippen LogP contribution in [0.4, 0.5) is 0 Å². The fourth-order valence-electron chi connectivity index (χ4n) is 2.70. The van der Waals surface area contributed by atoms with E-state index in [1.54, 1.807) is 0 Å². The highest BCUT2D eigenvalue weighted by Gasteiger charge is 2.19. The predicted molar refractivity (Wildman–Crippen MR) is 84.2 cm³/mol. The van der Waals surface area contributed by atoms with E-state index in [0.29, 0.717) is 6.04 Å². The first-order valence-corrected chi connectivity index (χ1v) is 7.85. The summed E-state index contributed by atoms with van der Waals surface area (Å²) in [5.41, 5.74) is 1.25. The van der Waals surface area contributed by atoms with Crippen LogP contribution in [0.5, 0.6) is 5.75 Å². The highest BCUT2D eigenvalue weighted by Crippen LogP contribution is 2.19. The lowest BCUT2D eigenvalue weighted by Gasteiger charge is -2.21. The summed E-state index contributed by atoms with van der Waals surface area (Å²) in [6.45, 7) is 10.6. The number of hydrogen-bond donors (Lipinski definition) is 1. The fraction of sp³-hybridized carbons (Fsp3) is 0.647. The number of benzene rings is 1. The molecular formula is C17H28N2O. The van der Waals surface area contributed by atoms with Crippen molar-refractivity contribution < 1.29 is 4.74 Å². The number of nitrogens with zero attached hydrogens (tertiary/aromatic N) is 1. The number of nitrogens with one attached hydrogen (secondary N) is 1. The van der Waals surface area contributed by atoms with E-state index < -0.39 is 0 Å². The Hall–Kier alpha value is -1.06. The zero-order chi connectivity index (χ0) is 14.4. The number of rotatable bonds is 7. The lowest BCUT2D eigenvalue weighted by molar-refractivity contribution is 0.203. The van der Waals surface area contributed by atoms with Crippen LogP contribution in [0.25, 0.3) is 0 Å². The molecule has 112 valence electrons. The quantitative estimate of drug-likeness (QED) is 0.828. The maximum Gasteiger partial charge on any atom is 0.123 e. The van der Waals surface area contributed by atoms with Crippen LogP contribution in [0.15, 0.2) is 24.3 Å². The smallest absolute Gasteiger partial charge is 0.123 e. The Balaban J connectivity index is 1.82. The molecule has 1 aromatic rings. The molecule has 1 atom stereocenters. The first-order valence-electron chi connectivity index (χ1n) is 7.85. The van der Waals surface area contributed by atoms with Crippen molar-refractivity contribution in [3.05, 3.63) is 29.8 Å². The van der Waals surface area contributed by atoms with E-state index in [2.05, 4.69) is 49.2 Å². The molecular weight excluding hydrogens is 248 g/mol. The monoisotopic (exact) mass is 276 g/mol. The summed E-state index contributed by atoms with van der Waals surface area (Å²) in [6, 6.07) is 9.55. The van der Waals surface area contributed by atoms with Gasteiger partial charge in [-0.2, -0.15) is 0 Å². The van der Waals surface area contributed by atoms with Crippen LogP contribution in [0.2, 0.25) is 0 Å². The molecule has 0 aliphatic carbocycles. The van der Waals surface area contributed by atoms with Gasteiger partial charge in [0, 0.05) is 30.7 Å². The Morgan fingerprint density at radius 1 is 1.35 bits per heavy atom. The molecule has 0 saturated carbocycles. The van der Waals surface area contributed by atoms with Crippen molar-refractivity contribution >= 4 is 0 Å². The molecule has 1 aliphatic heterocycles. The minimum absolute atomic E-state index is 0.494. The number of para-hydroxylation sites is 1. The van der Waals surface area contributed by atoms with Gasteiger partial charge in [0.15, 0.2) is 0 Å². The molecule has 0 bridgehead atoms. The van der Waals surface area contributed by atoms with Gasteiger partial charge in [0.25, 0.3) is 0 Å². The highest BCUT2D eigenvalue weighted by molar-refractivity contribution is 5.33. The van der Waals surface area contributed by atoms with Crippen molar-refractivity contribution in [2.24, 2.45) is 0 Å². The maximum atomic E-state index is 6.00. The van der Waals surface area contributed by atoms with Crippen molar-refractivity contribution in [2.45, 2.75) is 52.2 Å². The molecule has 1 heterocycles. The van der Waals surface area contributed by atoms with Crippen LogP contribution in [0.1, 0.15) is 39.2 Å². The fourth-order valence-corrected chi connectivity index (χ4v) is 2.70. The zero-order valence-electron chi connectivity index (χ0n) is 13.1. The van der Waals surface area contributed by atoms with Gasteiger partial charge < -0.3 is 10.1 Å². The van der Waals surface area contributed by atoms with E-state index in [1.807, 2.05) is 6.07 Å². The van der Waals surface area contributed by atoms with Crippen molar-refractivity contribution in [3.63, 3.8) is 0 Å². The third-order valence-corrected chi connectivity index (χ3v) is 4.00. The van der Waals surface area contributed by atoms with Crippen LogP contribution in [-0.2, 0) is 6.54 Å². The summed E-state index contributed by atoms with van der Waals surface area (Å²) >= 11 is 0. The van der Waals surface area contributed by atoms with Crippen LogP contribution < -0.4 is 10.1 Å². The van der Waals surface area contributed by atoms with Crippen LogP contribution in [-0.4, -0.2) is 36.7 Å². The second kappa shape index (κ2) is 7.65. The van der Waals surface area contributed by atoms with Gasteiger partial charge in [0.1, 0.15) is 12.4 Å². The second-order valence-electron chi connectivity index (χ2n) is 6.02. The molecule has 0 spiro atoms. The van der Waals surface area contributed by atoms with Gasteiger partial charge in [0.2, 0.25) is 0 Å². The molecule has 1 unspecified atom stereocenters. The number of ether oxygens (including phenoxy) is 1. The van der Waals surface area contributed by atoms with Gasteiger partial charge in [-0.15, -0.1) is 0 Å². The molecule has 3 heteroatoms. The lowest BCUT2D eigenvalue weighted by Crippen LogP contribution is -2.31. The van der Waals surface area contributed by atoms with Crippen molar-refractivity contribution in [3.8, 4) is 5.75 Å². The molecule has 0 radical (unpaired) electrons. The summed E-state index contributed by atoms with van der Waals surface area (Å²) in [5.74, 6) is 1.02. The van der Waals surface area contributed by atoms with Crippen molar-refractivity contribution in [1.82, 2.24) is 10.2 Å². The average molecular weight is 276 g/mol. The Bertz CT molecular complexity index is 406. The summed E-state index contributed by atoms with van der Waals surface area (Å²) in [5, 5.41) is 3.45. The molecule has 1 fully saturated rings. The first-order chi connectivity index (χ1) is 9.66. The number of likely N-dealkylation sites (tertiary alicyclic amines) is 1. The van der Waals surface area contributed by atoms with Gasteiger partial charge in [0.05, 0.1) is 0 Å². The molecule has 0 amide bonds. The van der Waals surface area contributed by atoms with E-state index in [4.69, 9.17) is 4.74 Å². The first kappa shape index (κ1) is 15.3. The molecule has 1 saturated heterocycles. The summed E-state index contributed by atoms with van der Waals surface area (Å²) in [4.78, 5) is 2.52. The molecule has 2 rings (SSSR count). The van der Waals surface area contributed by atoms with Crippen LogP contribution >= 0.6 is 0 Å². The SMILES string of the molecule is CC(C)NCc1ccccc1OCCN1CCCC1C. The van der Waals surface area contributed by atoms with Crippen molar-refractivity contribution in [2.75, 3.05) is 19.7 Å². The number of hydrogen-bond acceptors (Lipinski definition) is 3. The molecule has 20 heavy (non-hydrogen) atoms. The third-order valence-electron chi connectivity index (χ3n) is 4.00. The average Bonchev–Trinajstić information content (AvgIpc) is 2.83. The predicted octanol–water partition coefficient (Wildman–Crippen LogP) is 3.05. The van der Waals surface area contributed by atoms with Gasteiger partial charge in [-0.3, -0.25) is 4.90 Å². The van der Waals surface area contributed by atoms with Gasteiger partial charge in [-0.25, -0.2) is 0 Å². The Morgan fingerprint density at radius 3 is 2.85 bits per heavy atom. The Kier molecular flexibility index (Phi) is 5.86. The van der Waals surface area contributed by atoms with Crippen LogP contribution in [0, 0.1) is 0 Å². The second-order valence-corrected chi connectivity index (χ2v) is 6.02. The summed E-state index contributed by atoms with van der Waals surface area (Å²) < 4.78 is 6.00. The topological polar surface area (TPSA) is 24.5 Å². The maximum absolute atomic E-state index is 6.00. The standard InChI is InChI=1S/C17H28N2O/c1-14(2)18-13-16-8-4-5-9-17(16)20-12-11-19-10-6-7-15(19)3/h4-5,8-9,14-15,18H,6-7,10-13H2,1-3H3.